The van der Waals surface area contributed by atoms with Crippen LogP contribution in [0.2, 0.25) is 0 Å². The Morgan fingerprint density at radius 3 is 3.00 bits per heavy atom. The number of aliphatic hydroxyl groups is 1. The summed E-state index contributed by atoms with van der Waals surface area (Å²) in [5.74, 6) is -1.18. The molecule has 1 aromatic rings. The zero-order chi connectivity index (χ0) is 8.97. The Kier molecular flexibility index (Phi) is 2.65. The van der Waals surface area contributed by atoms with Crippen molar-refractivity contribution in [3.8, 4) is 6.08 Å². The van der Waals surface area contributed by atoms with Gasteiger partial charge in [0.15, 0.2) is 5.69 Å². The minimum atomic E-state index is -1.18. The molecule has 1 aromatic heterocycles. The number of oxazole rings is 1. The van der Waals surface area contributed by atoms with Crippen LogP contribution in [0.5, 0.6) is 6.08 Å². The Morgan fingerprint density at radius 1 is 1.75 bits per heavy atom. The Bertz CT molecular complexity index is 269. The lowest BCUT2D eigenvalue weighted by Crippen LogP contribution is -2.02. The van der Waals surface area contributed by atoms with Gasteiger partial charge in [0.1, 0.15) is 12.9 Å². The summed E-state index contributed by atoms with van der Waals surface area (Å²) in [4.78, 5) is 13.7. The van der Waals surface area contributed by atoms with E-state index in [1.165, 1.54) is 0 Å². The van der Waals surface area contributed by atoms with Crippen molar-refractivity contribution in [2.45, 2.75) is 0 Å². The van der Waals surface area contributed by atoms with E-state index in [9.17, 15) is 4.79 Å². The molecule has 12 heavy (non-hydrogen) atoms. The molecule has 0 saturated heterocycles. The van der Waals surface area contributed by atoms with Gasteiger partial charge >= 0.3 is 12.0 Å². The fourth-order valence-corrected chi connectivity index (χ4v) is 0.555. The van der Waals surface area contributed by atoms with Crippen LogP contribution in [0, 0.1) is 0 Å². The summed E-state index contributed by atoms with van der Waals surface area (Å²) in [7, 11) is 0. The molecule has 0 fully saturated rings. The Hall–Kier alpha value is -1.56. The average Bonchev–Trinajstić information content (AvgIpc) is 2.48. The lowest BCUT2D eigenvalue weighted by molar-refractivity contribution is 0.0690. The van der Waals surface area contributed by atoms with Crippen molar-refractivity contribution < 1.29 is 24.2 Å². The number of hydrogen-bond acceptors (Lipinski definition) is 5. The highest BCUT2D eigenvalue weighted by atomic mass is 16.6. The Labute approximate surface area is 67.4 Å². The molecular weight excluding hydrogens is 166 g/mol. The van der Waals surface area contributed by atoms with Gasteiger partial charge in [-0.3, -0.25) is 0 Å². The zero-order valence-electron chi connectivity index (χ0n) is 6.06. The Morgan fingerprint density at radius 2 is 2.50 bits per heavy atom. The van der Waals surface area contributed by atoms with Gasteiger partial charge in [0, 0.05) is 0 Å². The molecule has 0 amide bonds. The molecule has 6 nitrogen and oxygen atoms in total. The minimum Gasteiger partial charge on any atom is -0.476 e. The highest BCUT2D eigenvalue weighted by Gasteiger charge is 2.10. The molecule has 0 saturated carbocycles. The number of carboxylic acid groups (broad SMARTS) is 1. The third kappa shape index (κ3) is 1.96. The van der Waals surface area contributed by atoms with Crippen molar-refractivity contribution in [3.63, 3.8) is 0 Å². The van der Waals surface area contributed by atoms with Crippen LogP contribution in [0.4, 0.5) is 0 Å². The van der Waals surface area contributed by atoms with Gasteiger partial charge < -0.3 is 19.4 Å². The number of carboxylic acids is 1. The summed E-state index contributed by atoms with van der Waals surface area (Å²) >= 11 is 0. The van der Waals surface area contributed by atoms with Crippen LogP contribution < -0.4 is 4.74 Å². The van der Waals surface area contributed by atoms with Crippen molar-refractivity contribution in [2.75, 3.05) is 13.2 Å². The van der Waals surface area contributed by atoms with Crippen molar-refractivity contribution in [3.05, 3.63) is 12.0 Å². The predicted molar refractivity (Wildman–Crippen MR) is 36.0 cm³/mol. The summed E-state index contributed by atoms with van der Waals surface area (Å²) in [6.45, 7) is -0.148. The molecular formula is C6H7NO5. The summed E-state index contributed by atoms with van der Waals surface area (Å²) in [6, 6.07) is 0. The molecule has 0 bridgehead atoms. The van der Waals surface area contributed by atoms with Gasteiger partial charge in [-0.1, -0.05) is 0 Å². The van der Waals surface area contributed by atoms with E-state index >= 15 is 0 Å². The predicted octanol–water partition coefficient (Wildman–Crippen LogP) is -0.256. The molecule has 0 aliphatic carbocycles. The molecule has 66 valence electrons. The van der Waals surface area contributed by atoms with Crippen LogP contribution >= 0.6 is 0 Å². The first kappa shape index (κ1) is 8.54. The topological polar surface area (TPSA) is 92.8 Å². The van der Waals surface area contributed by atoms with Crippen LogP contribution in [0.3, 0.4) is 0 Å². The lowest BCUT2D eigenvalue weighted by atomic mass is 10.5. The minimum absolute atomic E-state index is 0.0274. The lowest BCUT2D eigenvalue weighted by Gasteiger charge is -1.94. The summed E-state index contributed by atoms with van der Waals surface area (Å²) < 4.78 is 9.30. The molecule has 0 atom stereocenters. The van der Waals surface area contributed by atoms with E-state index in [0.717, 1.165) is 6.26 Å². The number of rotatable bonds is 4. The maximum atomic E-state index is 10.3. The molecule has 0 spiro atoms. The normalized spacial score (nSPS) is 9.75. The van der Waals surface area contributed by atoms with Gasteiger partial charge in [-0.25, -0.2) is 4.79 Å². The summed E-state index contributed by atoms with van der Waals surface area (Å²) in [6.07, 6.45) is 0.816. The van der Waals surface area contributed by atoms with Crippen LogP contribution in [0.1, 0.15) is 10.5 Å². The van der Waals surface area contributed by atoms with Gasteiger partial charge in [0.2, 0.25) is 0 Å². The SMILES string of the molecule is O=C(O)c1coc(OCCO)n1. The monoisotopic (exact) mass is 173 g/mol. The number of hydrogen-bond donors (Lipinski definition) is 2. The molecule has 1 heterocycles. The van der Waals surface area contributed by atoms with Crippen LogP contribution in [-0.2, 0) is 0 Å². The first-order valence-electron chi connectivity index (χ1n) is 3.16. The van der Waals surface area contributed by atoms with E-state index in [4.69, 9.17) is 14.9 Å². The molecule has 0 aliphatic heterocycles. The van der Waals surface area contributed by atoms with Crippen molar-refractivity contribution in [1.29, 1.82) is 0 Å². The van der Waals surface area contributed by atoms with Crippen LogP contribution in [-0.4, -0.2) is 34.4 Å². The highest BCUT2D eigenvalue weighted by molar-refractivity contribution is 5.84. The molecule has 0 aliphatic rings. The number of carbonyl (C=O) groups is 1. The quantitative estimate of drug-likeness (QED) is 0.651. The largest absolute Gasteiger partial charge is 0.476 e. The van der Waals surface area contributed by atoms with Gasteiger partial charge in [-0.05, 0) is 0 Å². The average molecular weight is 173 g/mol. The first-order chi connectivity index (χ1) is 5.74. The second-order valence-electron chi connectivity index (χ2n) is 1.88. The standard InChI is InChI=1S/C6H7NO5/c8-1-2-11-6-7-4(3-12-6)5(9)10/h3,8H,1-2H2,(H,9,10). The van der Waals surface area contributed by atoms with Gasteiger partial charge in [-0.2, -0.15) is 4.98 Å². The highest BCUT2D eigenvalue weighted by Crippen LogP contribution is 2.09. The molecule has 0 aromatic carbocycles. The van der Waals surface area contributed by atoms with Crippen LogP contribution in [0.25, 0.3) is 0 Å². The van der Waals surface area contributed by atoms with Gasteiger partial charge in [0.05, 0.1) is 6.61 Å². The molecule has 1 rings (SSSR count). The molecule has 0 radical (unpaired) electrons. The van der Waals surface area contributed by atoms with Gasteiger partial charge in [-0.15, -0.1) is 0 Å². The summed E-state index contributed by atoms with van der Waals surface area (Å²) in [5, 5.41) is 16.7. The molecule has 6 heteroatoms. The van der Waals surface area contributed by atoms with Crippen molar-refractivity contribution in [2.24, 2.45) is 0 Å². The second kappa shape index (κ2) is 3.72. The number of aromatic nitrogens is 1. The van der Waals surface area contributed by atoms with E-state index in [0.29, 0.717) is 0 Å². The van der Waals surface area contributed by atoms with Gasteiger partial charge in [0.25, 0.3) is 0 Å². The zero-order valence-corrected chi connectivity index (χ0v) is 6.06. The maximum Gasteiger partial charge on any atom is 0.394 e. The molecule has 0 unspecified atom stereocenters. The smallest absolute Gasteiger partial charge is 0.394 e. The van der Waals surface area contributed by atoms with E-state index in [1.54, 1.807) is 0 Å². The number of aromatic carboxylic acids is 1. The van der Waals surface area contributed by atoms with E-state index in [-0.39, 0.29) is 25.0 Å². The van der Waals surface area contributed by atoms with E-state index < -0.39 is 5.97 Å². The van der Waals surface area contributed by atoms with E-state index in [2.05, 4.69) is 9.40 Å². The van der Waals surface area contributed by atoms with Crippen LogP contribution in [0.15, 0.2) is 10.7 Å². The third-order valence-corrected chi connectivity index (χ3v) is 1.02. The van der Waals surface area contributed by atoms with Crippen molar-refractivity contribution >= 4 is 5.97 Å². The third-order valence-electron chi connectivity index (χ3n) is 1.02. The molecule has 2 N–H and O–H groups in total. The summed E-state index contributed by atoms with van der Waals surface area (Å²) in [5.41, 5.74) is -0.220. The van der Waals surface area contributed by atoms with Crippen molar-refractivity contribution in [1.82, 2.24) is 4.98 Å². The second-order valence-corrected chi connectivity index (χ2v) is 1.88. The first-order valence-corrected chi connectivity index (χ1v) is 3.16. The number of aliphatic hydroxyl groups excluding tert-OH is 1. The fourth-order valence-electron chi connectivity index (χ4n) is 0.555. The fraction of sp³-hybridized carbons (Fsp3) is 0.333. The Balaban J connectivity index is 2.58. The van der Waals surface area contributed by atoms with E-state index in [1.807, 2.05) is 0 Å². The number of ether oxygens (including phenoxy) is 1. The maximum absolute atomic E-state index is 10.3. The number of nitrogens with zero attached hydrogens (tertiary/aromatic N) is 1.